The highest BCUT2D eigenvalue weighted by Crippen LogP contribution is 2.44. The summed E-state index contributed by atoms with van der Waals surface area (Å²) in [5.41, 5.74) is 4.66. The van der Waals surface area contributed by atoms with Crippen molar-refractivity contribution in [3.05, 3.63) is 54.1 Å². The van der Waals surface area contributed by atoms with Gasteiger partial charge in [-0.15, -0.1) is 0 Å². The third-order valence-electron chi connectivity index (χ3n) is 7.32. The number of para-hydroxylation sites is 1. The van der Waals surface area contributed by atoms with Gasteiger partial charge in [0.2, 0.25) is 5.91 Å². The highest BCUT2D eigenvalue weighted by Gasteiger charge is 2.39. The molecule has 2 aromatic carbocycles. The van der Waals surface area contributed by atoms with E-state index in [1.165, 1.54) is 24.1 Å². The number of hydrogen-bond donors (Lipinski definition) is 2. The lowest BCUT2D eigenvalue weighted by molar-refractivity contribution is -0.117. The van der Waals surface area contributed by atoms with Crippen molar-refractivity contribution in [2.75, 3.05) is 28.2 Å². The third kappa shape index (κ3) is 3.35. The molecule has 0 aliphatic carbocycles. The van der Waals surface area contributed by atoms with Crippen LogP contribution in [0.5, 0.6) is 0 Å². The molecule has 5 atom stereocenters. The molecule has 2 N–H and O–H groups in total. The van der Waals surface area contributed by atoms with E-state index in [4.69, 9.17) is 0 Å². The van der Waals surface area contributed by atoms with E-state index < -0.39 is 0 Å². The number of fused-ring (bicyclic) bond motifs is 3. The Morgan fingerprint density at radius 3 is 2.40 bits per heavy atom. The van der Waals surface area contributed by atoms with Gasteiger partial charge in [0.1, 0.15) is 0 Å². The number of nitrogens with zero attached hydrogens (tertiary/aromatic N) is 2. The first kappa shape index (κ1) is 19.4. The van der Waals surface area contributed by atoms with Crippen LogP contribution < -0.4 is 20.4 Å². The fraction of sp³-hybridized carbons (Fsp3) is 0.480. The molecule has 2 saturated heterocycles. The van der Waals surface area contributed by atoms with Crippen LogP contribution in [0.25, 0.3) is 0 Å². The predicted octanol–water partition coefficient (Wildman–Crippen LogP) is 4.17. The van der Waals surface area contributed by atoms with Crippen molar-refractivity contribution in [3.8, 4) is 0 Å². The van der Waals surface area contributed by atoms with Crippen molar-refractivity contribution < 1.29 is 4.79 Å². The third-order valence-corrected chi connectivity index (χ3v) is 7.32. The van der Waals surface area contributed by atoms with Crippen LogP contribution in [-0.2, 0) is 4.79 Å². The van der Waals surface area contributed by atoms with E-state index in [0.29, 0.717) is 12.1 Å². The average molecular weight is 405 g/mol. The van der Waals surface area contributed by atoms with Gasteiger partial charge in [-0.25, -0.2) is 0 Å². The molecule has 5 nitrogen and oxygen atoms in total. The normalized spacial score (nSPS) is 30.2. The fourth-order valence-corrected chi connectivity index (χ4v) is 5.61. The Morgan fingerprint density at radius 1 is 1.03 bits per heavy atom. The van der Waals surface area contributed by atoms with Crippen LogP contribution in [0.15, 0.2) is 48.5 Å². The topological polar surface area (TPSA) is 47.6 Å². The fourth-order valence-electron chi connectivity index (χ4n) is 5.61. The summed E-state index contributed by atoms with van der Waals surface area (Å²) in [5, 5.41) is 7.49. The Kier molecular flexibility index (Phi) is 4.94. The lowest BCUT2D eigenvalue weighted by Gasteiger charge is -2.45. The summed E-state index contributed by atoms with van der Waals surface area (Å²) in [6.45, 7) is 8.22. The summed E-state index contributed by atoms with van der Waals surface area (Å²) >= 11 is 0. The molecule has 3 aliphatic rings. The van der Waals surface area contributed by atoms with Crippen LogP contribution in [-0.4, -0.2) is 37.1 Å². The molecule has 3 heterocycles. The van der Waals surface area contributed by atoms with Crippen molar-refractivity contribution in [3.63, 3.8) is 0 Å². The second-order valence-electron chi connectivity index (χ2n) is 9.26. The number of piperazine rings is 1. The largest absolute Gasteiger partial charge is 0.378 e. The Bertz CT molecular complexity index is 918. The molecule has 2 aromatic rings. The molecule has 0 spiro atoms. The lowest BCUT2D eigenvalue weighted by Crippen LogP contribution is -2.51. The van der Waals surface area contributed by atoms with E-state index in [0.717, 1.165) is 24.5 Å². The predicted molar refractivity (Wildman–Crippen MR) is 123 cm³/mol. The standard InChI is InChI=1S/C25H32N4O/c1-16-17(2)29(18(3)30)24-12-11-22(28-14-20-9-10-21(15-28)26-20)13-23(24)25(16)27-19-7-5-4-6-8-19/h4-8,11-13,16-17,20-21,25-27H,9-10,14-15H2,1-3H3/t16?,17-,20-,21+,25+/m0/s1. The molecule has 0 saturated carbocycles. The minimum Gasteiger partial charge on any atom is -0.378 e. The van der Waals surface area contributed by atoms with E-state index in [1.807, 2.05) is 11.0 Å². The summed E-state index contributed by atoms with van der Waals surface area (Å²) in [4.78, 5) is 17.1. The van der Waals surface area contributed by atoms with Crippen LogP contribution in [0.4, 0.5) is 17.1 Å². The van der Waals surface area contributed by atoms with Gasteiger partial charge >= 0.3 is 0 Å². The van der Waals surface area contributed by atoms with E-state index >= 15 is 0 Å². The van der Waals surface area contributed by atoms with Crippen molar-refractivity contribution in [2.24, 2.45) is 5.92 Å². The number of anilines is 3. The number of carbonyl (C=O) groups is 1. The molecule has 30 heavy (non-hydrogen) atoms. The van der Waals surface area contributed by atoms with Crippen LogP contribution in [0.2, 0.25) is 0 Å². The number of amides is 1. The molecule has 0 radical (unpaired) electrons. The van der Waals surface area contributed by atoms with E-state index in [2.05, 4.69) is 71.8 Å². The van der Waals surface area contributed by atoms with Gasteiger partial charge in [-0.2, -0.15) is 0 Å². The molecule has 2 fully saturated rings. The molecule has 1 unspecified atom stereocenters. The number of nitrogens with one attached hydrogen (secondary N) is 2. The maximum Gasteiger partial charge on any atom is 0.224 e. The minimum atomic E-state index is 0.113. The van der Waals surface area contributed by atoms with Crippen LogP contribution >= 0.6 is 0 Å². The Labute approximate surface area is 179 Å². The second kappa shape index (κ2) is 7.62. The molecule has 0 aromatic heterocycles. The number of benzene rings is 2. The van der Waals surface area contributed by atoms with Gasteiger partial charge < -0.3 is 20.4 Å². The maximum absolute atomic E-state index is 12.6. The van der Waals surface area contributed by atoms with Crippen LogP contribution in [0.3, 0.4) is 0 Å². The van der Waals surface area contributed by atoms with Crippen molar-refractivity contribution in [1.82, 2.24) is 5.32 Å². The zero-order chi connectivity index (χ0) is 20.8. The highest BCUT2D eigenvalue weighted by atomic mass is 16.2. The summed E-state index contributed by atoms with van der Waals surface area (Å²) in [6, 6.07) is 18.6. The summed E-state index contributed by atoms with van der Waals surface area (Å²) in [5.74, 6) is 0.401. The van der Waals surface area contributed by atoms with Crippen LogP contribution in [0, 0.1) is 5.92 Å². The molecule has 5 rings (SSSR count). The SMILES string of the molecule is CC(=O)N1c2ccc(N3C[C@H]4CC[C@@H](C3)N4)cc2[C@H](Nc2ccccc2)C(C)[C@@H]1C. The summed E-state index contributed by atoms with van der Waals surface area (Å²) in [7, 11) is 0. The molecule has 5 heteroatoms. The summed E-state index contributed by atoms with van der Waals surface area (Å²) < 4.78 is 0. The number of carbonyl (C=O) groups excluding carboxylic acids is 1. The Balaban J connectivity index is 1.54. The van der Waals surface area contributed by atoms with E-state index in [1.54, 1.807) is 6.92 Å². The smallest absolute Gasteiger partial charge is 0.224 e. The monoisotopic (exact) mass is 404 g/mol. The molecular formula is C25H32N4O. The van der Waals surface area contributed by atoms with Gasteiger partial charge in [0.05, 0.1) is 6.04 Å². The molecule has 158 valence electrons. The van der Waals surface area contributed by atoms with Crippen molar-refractivity contribution in [2.45, 2.75) is 57.8 Å². The maximum atomic E-state index is 12.6. The van der Waals surface area contributed by atoms with Gasteiger partial charge in [0.25, 0.3) is 0 Å². The molecule has 1 amide bonds. The van der Waals surface area contributed by atoms with Crippen LogP contribution in [0.1, 0.15) is 45.2 Å². The van der Waals surface area contributed by atoms with E-state index in [9.17, 15) is 4.79 Å². The molecule has 3 aliphatic heterocycles. The first-order chi connectivity index (χ1) is 14.5. The lowest BCUT2D eigenvalue weighted by atomic mass is 9.82. The number of rotatable bonds is 3. The quantitative estimate of drug-likeness (QED) is 0.806. The van der Waals surface area contributed by atoms with Gasteiger partial charge in [-0.05, 0) is 50.1 Å². The van der Waals surface area contributed by atoms with Gasteiger partial charge in [-0.3, -0.25) is 4.79 Å². The highest BCUT2D eigenvalue weighted by molar-refractivity contribution is 5.94. The average Bonchev–Trinajstić information content (AvgIpc) is 3.09. The summed E-state index contributed by atoms with van der Waals surface area (Å²) in [6.07, 6.45) is 2.55. The Morgan fingerprint density at radius 2 is 1.73 bits per heavy atom. The van der Waals surface area contributed by atoms with Gasteiger partial charge in [0.15, 0.2) is 0 Å². The zero-order valence-corrected chi connectivity index (χ0v) is 18.1. The second-order valence-corrected chi connectivity index (χ2v) is 9.26. The first-order valence-corrected chi connectivity index (χ1v) is 11.3. The molecular weight excluding hydrogens is 372 g/mol. The zero-order valence-electron chi connectivity index (χ0n) is 18.1. The van der Waals surface area contributed by atoms with E-state index in [-0.39, 0.29) is 23.9 Å². The van der Waals surface area contributed by atoms with Gasteiger partial charge in [-0.1, -0.05) is 25.1 Å². The van der Waals surface area contributed by atoms with Crippen molar-refractivity contribution in [1.29, 1.82) is 0 Å². The van der Waals surface area contributed by atoms with Crippen molar-refractivity contribution >= 4 is 23.0 Å². The van der Waals surface area contributed by atoms with Gasteiger partial charge in [0, 0.05) is 66.7 Å². The molecule has 2 bridgehead atoms. The number of hydrogen-bond acceptors (Lipinski definition) is 4. The Hall–Kier alpha value is -2.53. The first-order valence-electron chi connectivity index (χ1n) is 11.3. The minimum absolute atomic E-state index is 0.113.